The molecule has 1 aliphatic rings. The van der Waals surface area contributed by atoms with Gasteiger partial charge in [-0.05, 0) is 12.8 Å². The van der Waals surface area contributed by atoms with Crippen molar-refractivity contribution < 1.29 is 9.53 Å². The van der Waals surface area contributed by atoms with Crippen LogP contribution in [0.15, 0.2) is 12.4 Å². The van der Waals surface area contributed by atoms with Crippen molar-refractivity contribution in [2.45, 2.75) is 18.9 Å². The second-order valence-corrected chi connectivity index (χ2v) is 3.69. The van der Waals surface area contributed by atoms with Crippen molar-refractivity contribution >= 4 is 11.7 Å². The summed E-state index contributed by atoms with van der Waals surface area (Å²) < 4.78 is 5.21. The molecule has 2 heterocycles. The summed E-state index contributed by atoms with van der Waals surface area (Å²) in [6.07, 6.45) is 4.44. The fourth-order valence-corrected chi connectivity index (χ4v) is 1.56. The van der Waals surface area contributed by atoms with E-state index in [1.165, 1.54) is 12.4 Å². The highest BCUT2D eigenvalue weighted by Crippen LogP contribution is 2.07. The zero-order chi connectivity index (χ0) is 11.4. The van der Waals surface area contributed by atoms with Crippen molar-refractivity contribution in [3.8, 4) is 0 Å². The Balaban J connectivity index is 1.94. The average molecular weight is 222 g/mol. The Kier molecular flexibility index (Phi) is 3.31. The third-order valence-corrected chi connectivity index (χ3v) is 2.46. The second-order valence-electron chi connectivity index (χ2n) is 3.69. The van der Waals surface area contributed by atoms with Gasteiger partial charge >= 0.3 is 0 Å². The van der Waals surface area contributed by atoms with E-state index < -0.39 is 0 Å². The zero-order valence-corrected chi connectivity index (χ0v) is 8.85. The Bertz CT molecular complexity index is 360. The number of carbonyl (C=O) groups is 1. The monoisotopic (exact) mass is 222 g/mol. The summed E-state index contributed by atoms with van der Waals surface area (Å²) in [6, 6.07) is 0.167. The van der Waals surface area contributed by atoms with Gasteiger partial charge in [0.05, 0.1) is 12.4 Å². The van der Waals surface area contributed by atoms with Gasteiger partial charge in [0, 0.05) is 19.3 Å². The number of hydrogen-bond acceptors (Lipinski definition) is 5. The van der Waals surface area contributed by atoms with Gasteiger partial charge in [-0.25, -0.2) is 9.97 Å². The van der Waals surface area contributed by atoms with Crippen molar-refractivity contribution in [1.82, 2.24) is 15.3 Å². The van der Waals surface area contributed by atoms with Crippen molar-refractivity contribution in [3.05, 3.63) is 18.1 Å². The molecule has 6 nitrogen and oxygen atoms in total. The molecule has 1 aliphatic heterocycles. The summed E-state index contributed by atoms with van der Waals surface area (Å²) in [5, 5.41) is 2.89. The number of anilines is 1. The predicted molar refractivity (Wildman–Crippen MR) is 57.8 cm³/mol. The number of carbonyl (C=O) groups excluding carboxylic acids is 1. The third kappa shape index (κ3) is 2.66. The Hall–Kier alpha value is -1.69. The van der Waals surface area contributed by atoms with Gasteiger partial charge in [0.25, 0.3) is 5.91 Å². The van der Waals surface area contributed by atoms with Crippen LogP contribution in [-0.2, 0) is 4.74 Å². The number of nitrogens with zero attached hydrogens (tertiary/aromatic N) is 2. The molecular formula is C10H14N4O2. The minimum Gasteiger partial charge on any atom is -0.382 e. The molecule has 1 aromatic rings. The highest BCUT2D eigenvalue weighted by Gasteiger charge is 2.17. The van der Waals surface area contributed by atoms with Crippen molar-refractivity contribution in [3.63, 3.8) is 0 Å². The molecule has 86 valence electrons. The van der Waals surface area contributed by atoms with Crippen molar-refractivity contribution in [1.29, 1.82) is 0 Å². The smallest absolute Gasteiger partial charge is 0.271 e. The lowest BCUT2D eigenvalue weighted by molar-refractivity contribution is 0.0694. The van der Waals surface area contributed by atoms with Gasteiger partial charge in [0.2, 0.25) is 0 Å². The molecule has 3 N–H and O–H groups in total. The Morgan fingerprint density at radius 3 is 2.75 bits per heavy atom. The van der Waals surface area contributed by atoms with E-state index in [9.17, 15) is 4.79 Å². The number of amides is 1. The summed E-state index contributed by atoms with van der Waals surface area (Å²) in [4.78, 5) is 19.5. The van der Waals surface area contributed by atoms with Gasteiger partial charge in [-0.15, -0.1) is 0 Å². The lowest BCUT2D eigenvalue weighted by Gasteiger charge is -2.22. The molecule has 0 unspecified atom stereocenters. The predicted octanol–water partition coefficient (Wildman–Crippen LogP) is -0.0324. The molecule has 1 fully saturated rings. The topological polar surface area (TPSA) is 90.1 Å². The molecule has 6 heteroatoms. The van der Waals surface area contributed by atoms with E-state index in [1.54, 1.807) is 0 Å². The quantitative estimate of drug-likeness (QED) is 0.733. The van der Waals surface area contributed by atoms with Crippen LogP contribution in [0.2, 0.25) is 0 Å². The van der Waals surface area contributed by atoms with E-state index in [0.29, 0.717) is 24.7 Å². The number of nitrogens with two attached hydrogens (primary N) is 1. The van der Waals surface area contributed by atoms with E-state index >= 15 is 0 Å². The van der Waals surface area contributed by atoms with Crippen LogP contribution in [0.5, 0.6) is 0 Å². The SMILES string of the molecule is Nc1cnc(C(=O)NC2CCOCC2)cn1. The van der Waals surface area contributed by atoms with E-state index in [1.807, 2.05) is 0 Å². The fraction of sp³-hybridized carbons (Fsp3) is 0.500. The van der Waals surface area contributed by atoms with E-state index in [2.05, 4.69) is 15.3 Å². The largest absolute Gasteiger partial charge is 0.382 e. The standard InChI is InChI=1S/C10H14N4O2/c11-9-6-12-8(5-13-9)10(15)14-7-1-3-16-4-2-7/h5-7H,1-4H2,(H2,11,13)(H,14,15). The van der Waals surface area contributed by atoms with E-state index in [0.717, 1.165) is 12.8 Å². The minimum atomic E-state index is -0.209. The van der Waals surface area contributed by atoms with Crippen molar-refractivity contribution in [2.75, 3.05) is 18.9 Å². The summed E-state index contributed by atoms with van der Waals surface area (Å²) in [6.45, 7) is 1.39. The van der Waals surface area contributed by atoms with E-state index in [-0.39, 0.29) is 11.9 Å². The van der Waals surface area contributed by atoms with Gasteiger partial charge in [-0.2, -0.15) is 0 Å². The maximum Gasteiger partial charge on any atom is 0.271 e. The summed E-state index contributed by atoms with van der Waals surface area (Å²) in [7, 11) is 0. The molecule has 1 aromatic heterocycles. The van der Waals surface area contributed by atoms with Gasteiger partial charge < -0.3 is 15.8 Å². The number of aromatic nitrogens is 2. The van der Waals surface area contributed by atoms with Gasteiger partial charge in [-0.1, -0.05) is 0 Å². The highest BCUT2D eigenvalue weighted by molar-refractivity contribution is 5.92. The number of hydrogen-bond donors (Lipinski definition) is 2. The Morgan fingerprint density at radius 1 is 1.38 bits per heavy atom. The first-order chi connectivity index (χ1) is 7.75. The summed E-state index contributed by atoms with van der Waals surface area (Å²) >= 11 is 0. The van der Waals surface area contributed by atoms with Crippen LogP contribution in [0.4, 0.5) is 5.82 Å². The molecule has 16 heavy (non-hydrogen) atoms. The first kappa shape index (κ1) is 10.8. The molecule has 0 radical (unpaired) electrons. The van der Waals surface area contributed by atoms with Crippen LogP contribution in [0, 0.1) is 0 Å². The Morgan fingerprint density at radius 2 is 2.12 bits per heavy atom. The zero-order valence-electron chi connectivity index (χ0n) is 8.85. The molecule has 0 bridgehead atoms. The highest BCUT2D eigenvalue weighted by atomic mass is 16.5. The lowest BCUT2D eigenvalue weighted by Crippen LogP contribution is -2.39. The maximum atomic E-state index is 11.7. The van der Waals surface area contributed by atoms with Gasteiger partial charge in [-0.3, -0.25) is 4.79 Å². The second kappa shape index (κ2) is 4.89. The van der Waals surface area contributed by atoms with Gasteiger partial charge in [0.15, 0.2) is 0 Å². The average Bonchev–Trinajstić information content (AvgIpc) is 2.31. The van der Waals surface area contributed by atoms with Crippen LogP contribution in [-0.4, -0.2) is 35.1 Å². The number of rotatable bonds is 2. The third-order valence-electron chi connectivity index (χ3n) is 2.46. The van der Waals surface area contributed by atoms with Crippen molar-refractivity contribution in [2.24, 2.45) is 0 Å². The molecule has 1 amide bonds. The molecular weight excluding hydrogens is 208 g/mol. The fourth-order valence-electron chi connectivity index (χ4n) is 1.56. The number of ether oxygens (including phenoxy) is 1. The maximum absolute atomic E-state index is 11.7. The number of nitrogen functional groups attached to an aromatic ring is 1. The summed E-state index contributed by atoms with van der Waals surface area (Å²) in [5.41, 5.74) is 5.68. The molecule has 2 rings (SSSR count). The molecule has 0 aromatic carbocycles. The molecule has 0 atom stereocenters. The number of nitrogens with one attached hydrogen (secondary N) is 1. The van der Waals surface area contributed by atoms with E-state index in [4.69, 9.17) is 10.5 Å². The molecule has 1 saturated heterocycles. The normalized spacial score (nSPS) is 17.0. The van der Waals surface area contributed by atoms with Gasteiger partial charge in [0.1, 0.15) is 11.5 Å². The molecule has 0 spiro atoms. The summed E-state index contributed by atoms with van der Waals surface area (Å²) in [5.74, 6) is 0.0991. The first-order valence-corrected chi connectivity index (χ1v) is 5.22. The minimum absolute atomic E-state index is 0.167. The van der Waals surface area contributed by atoms with Crippen LogP contribution in [0.3, 0.4) is 0 Å². The van der Waals surface area contributed by atoms with Crippen LogP contribution < -0.4 is 11.1 Å². The Labute approximate surface area is 93.2 Å². The first-order valence-electron chi connectivity index (χ1n) is 5.22. The van der Waals surface area contributed by atoms with Crippen LogP contribution in [0.1, 0.15) is 23.3 Å². The van der Waals surface area contributed by atoms with Crippen LogP contribution in [0.25, 0.3) is 0 Å². The molecule has 0 saturated carbocycles. The molecule has 0 aliphatic carbocycles. The van der Waals surface area contributed by atoms with Crippen LogP contribution >= 0.6 is 0 Å². The lowest BCUT2D eigenvalue weighted by atomic mass is 10.1.